The number of carbonyl (C=O) groups excluding carboxylic acids is 2. The second kappa shape index (κ2) is 10.1. The van der Waals surface area contributed by atoms with Gasteiger partial charge in [-0.05, 0) is 42.9 Å². The zero-order valence-electron chi connectivity index (χ0n) is 17.2. The van der Waals surface area contributed by atoms with Crippen LogP contribution in [-0.2, 0) is 22.6 Å². The minimum Gasteiger partial charge on any atom is -0.353 e. The van der Waals surface area contributed by atoms with Gasteiger partial charge < -0.3 is 10.6 Å². The molecule has 0 spiro atoms. The van der Waals surface area contributed by atoms with Crippen LogP contribution in [0.2, 0.25) is 0 Å². The molecule has 158 valence electrons. The summed E-state index contributed by atoms with van der Waals surface area (Å²) in [7, 11) is 0. The highest BCUT2D eigenvalue weighted by Crippen LogP contribution is 2.27. The number of likely N-dealkylation sites (tertiary alicyclic amines) is 1. The van der Waals surface area contributed by atoms with E-state index in [4.69, 9.17) is 0 Å². The van der Waals surface area contributed by atoms with Gasteiger partial charge in [-0.2, -0.15) is 0 Å². The van der Waals surface area contributed by atoms with Crippen LogP contribution in [0.5, 0.6) is 0 Å². The van der Waals surface area contributed by atoms with Gasteiger partial charge in [0, 0.05) is 31.4 Å². The van der Waals surface area contributed by atoms with Crippen molar-refractivity contribution in [2.45, 2.75) is 43.5 Å². The van der Waals surface area contributed by atoms with Crippen LogP contribution < -0.4 is 10.6 Å². The fourth-order valence-corrected chi connectivity index (χ4v) is 5.10. The third kappa shape index (κ3) is 5.64. The van der Waals surface area contributed by atoms with E-state index >= 15 is 0 Å². The van der Waals surface area contributed by atoms with Crippen LogP contribution in [0.15, 0.2) is 54.6 Å². The van der Waals surface area contributed by atoms with E-state index < -0.39 is 0 Å². The lowest BCUT2D eigenvalue weighted by molar-refractivity contribution is -0.119. The summed E-state index contributed by atoms with van der Waals surface area (Å²) in [6, 6.07) is 18.7. The summed E-state index contributed by atoms with van der Waals surface area (Å²) in [4.78, 5) is 27.4. The predicted molar refractivity (Wildman–Crippen MR) is 123 cm³/mol. The molecule has 0 saturated carbocycles. The molecule has 1 saturated heterocycles. The number of aryl methyl sites for hydroxylation is 1. The molecule has 6 heteroatoms. The lowest BCUT2D eigenvalue weighted by Crippen LogP contribution is -2.45. The van der Waals surface area contributed by atoms with Gasteiger partial charge in [-0.15, -0.1) is 11.8 Å². The Balaban J connectivity index is 1.18. The molecule has 2 heterocycles. The number of nitrogens with zero attached hydrogens (tertiary/aromatic N) is 1. The van der Waals surface area contributed by atoms with Crippen LogP contribution >= 0.6 is 11.8 Å². The molecular weight excluding hydrogens is 394 g/mol. The molecule has 1 atom stereocenters. The first-order chi connectivity index (χ1) is 14.7. The Morgan fingerprint density at radius 1 is 1.03 bits per heavy atom. The maximum absolute atomic E-state index is 12.5. The SMILES string of the molecule is O=C(CS[C@@H]1CCc2ccccc2NC1=O)NC1CCN(Cc2ccccc2)CC1. The first-order valence-electron chi connectivity index (χ1n) is 10.7. The molecule has 2 aliphatic rings. The van der Waals surface area contributed by atoms with Crippen LogP contribution in [0.4, 0.5) is 5.69 Å². The Morgan fingerprint density at radius 2 is 1.77 bits per heavy atom. The molecule has 2 aliphatic heterocycles. The van der Waals surface area contributed by atoms with Gasteiger partial charge in [-0.3, -0.25) is 14.5 Å². The molecule has 5 nitrogen and oxygen atoms in total. The van der Waals surface area contributed by atoms with Gasteiger partial charge in [0.05, 0.1) is 11.0 Å². The normalized spacial score (nSPS) is 20.1. The van der Waals surface area contributed by atoms with Crippen molar-refractivity contribution in [1.82, 2.24) is 10.2 Å². The lowest BCUT2D eigenvalue weighted by atomic mass is 10.0. The molecule has 30 heavy (non-hydrogen) atoms. The summed E-state index contributed by atoms with van der Waals surface area (Å²) < 4.78 is 0. The average Bonchev–Trinajstić information content (AvgIpc) is 2.92. The largest absolute Gasteiger partial charge is 0.353 e. The van der Waals surface area contributed by atoms with Crippen molar-refractivity contribution in [3.8, 4) is 0 Å². The van der Waals surface area contributed by atoms with E-state index in [0.29, 0.717) is 5.75 Å². The summed E-state index contributed by atoms with van der Waals surface area (Å²) >= 11 is 1.45. The Morgan fingerprint density at radius 3 is 2.57 bits per heavy atom. The molecule has 0 aromatic heterocycles. The molecule has 1 fully saturated rings. The number of nitrogens with one attached hydrogen (secondary N) is 2. The molecule has 2 aromatic rings. The van der Waals surface area contributed by atoms with Gasteiger partial charge in [0.1, 0.15) is 0 Å². The number of rotatable bonds is 6. The van der Waals surface area contributed by atoms with E-state index in [2.05, 4.69) is 45.9 Å². The number of thioether (sulfide) groups is 1. The predicted octanol–water partition coefficient (Wildman–Crippen LogP) is 3.45. The molecule has 2 aromatic carbocycles. The molecule has 2 N–H and O–H groups in total. The maximum Gasteiger partial charge on any atom is 0.237 e. The minimum atomic E-state index is -0.184. The van der Waals surface area contributed by atoms with E-state index in [1.54, 1.807) is 0 Å². The third-order valence-corrected chi connectivity index (χ3v) is 7.14. The highest BCUT2D eigenvalue weighted by atomic mass is 32.2. The molecular formula is C24H29N3O2S. The Hall–Kier alpha value is -2.31. The number of para-hydroxylation sites is 1. The molecule has 2 amide bonds. The Bertz CT molecular complexity index is 866. The fourth-order valence-electron chi connectivity index (χ4n) is 4.17. The minimum absolute atomic E-state index is 0.00645. The van der Waals surface area contributed by atoms with Gasteiger partial charge in [0.15, 0.2) is 0 Å². The van der Waals surface area contributed by atoms with Crippen LogP contribution in [0.25, 0.3) is 0 Å². The van der Waals surface area contributed by atoms with Crippen LogP contribution in [0.1, 0.15) is 30.4 Å². The first-order valence-corrected chi connectivity index (χ1v) is 11.8. The van der Waals surface area contributed by atoms with E-state index in [-0.39, 0.29) is 23.1 Å². The summed E-state index contributed by atoms with van der Waals surface area (Å²) in [6.45, 7) is 2.96. The zero-order chi connectivity index (χ0) is 20.8. The van der Waals surface area contributed by atoms with Crippen molar-refractivity contribution < 1.29 is 9.59 Å². The Kier molecular flexibility index (Phi) is 7.07. The summed E-state index contributed by atoms with van der Waals surface area (Å²) in [5.41, 5.74) is 3.40. The maximum atomic E-state index is 12.5. The number of hydrogen-bond donors (Lipinski definition) is 2. The monoisotopic (exact) mass is 423 g/mol. The summed E-state index contributed by atoms with van der Waals surface area (Å²) in [5.74, 6) is 0.376. The van der Waals surface area contributed by atoms with E-state index in [0.717, 1.165) is 51.0 Å². The van der Waals surface area contributed by atoms with Crippen molar-refractivity contribution in [2.75, 3.05) is 24.2 Å². The van der Waals surface area contributed by atoms with Gasteiger partial charge in [0.2, 0.25) is 11.8 Å². The fraction of sp³-hybridized carbons (Fsp3) is 0.417. The van der Waals surface area contributed by atoms with E-state index in [9.17, 15) is 9.59 Å². The number of piperidine rings is 1. The highest BCUT2D eigenvalue weighted by molar-refractivity contribution is 8.01. The van der Waals surface area contributed by atoms with Gasteiger partial charge in [-0.1, -0.05) is 48.5 Å². The van der Waals surface area contributed by atoms with Crippen LogP contribution in [-0.4, -0.2) is 46.8 Å². The van der Waals surface area contributed by atoms with Gasteiger partial charge in [0.25, 0.3) is 0 Å². The standard InChI is InChI=1S/C24H29N3O2S/c28-23(17-30-22-11-10-19-8-4-5-9-21(19)26-24(22)29)25-20-12-14-27(15-13-20)16-18-6-2-1-3-7-18/h1-9,20,22H,10-17H2,(H,25,28)(H,26,29)/t22-/m1/s1. The molecule has 0 aliphatic carbocycles. The topological polar surface area (TPSA) is 61.4 Å². The van der Waals surface area contributed by atoms with Crippen molar-refractivity contribution in [1.29, 1.82) is 0 Å². The quantitative estimate of drug-likeness (QED) is 0.747. The lowest BCUT2D eigenvalue weighted by Gasteiger charge is -2.32. The first kappa shape index (κ1) is 20.9. The number of hydrogen-bond acceptors (Lipinski definition) is 4. The molecule has 0 bridgehead atoms. The Labute approximate surface area is 182 Å². The number of carbonyl (C=O) groups is 2. The second-order valence-electron chi connectivity index (χ2n) is 8.09. The second-order valence-corrected chi connectivity index (χ2v) is 9.28. The number of amides is 2. The van der Waals surface area contributed by atoms with Gasteiger partial charge in [-0.25, -0.2) is 0 Å². The summed E-state index contributed by atoms with van der Waals surface area (Å²) in [6.07, 6.45) is 3.57. The van der Waals surface area contributed by atoms with Crippen molar-refractivity contribution in [3.05, 3.63) is 65.7 Å². The number of anilines is 1. The van der Waals surface area contributed by atoms with Crippen molar-refractivity contribution >= 4 is 29.3 Å². The van der Waals surface area contributed by atoms with Crippen molar-refractivity contribution in [3.63, 3.8) is 0 Å². The van der Waals surface area contributed by atoms with Gasteiger partial charge >= 0.3 is 0 Å². The summed E-state index contributed by atoms with van der Waals surface area (Å²) in [5, 5.41) is 5.99. The number of fused-ring (bicyclic) bond motifs is 1. The third-order valence-electron chi connectivity index (χ3n) is 5.86. The number of benzene rings is 2. The van der Waals surface area contributed by atoms with Crippen molar-refractivity contribution in [2.24, 2.45) is 0 Å². The van der Waals surface area contributed by atoms with Crippen LogP contribution in [0.3, 0.4) is 0 Å². The average molecular weight is 424 g/mol. The molecule has 0 radical (unpaired) electrons. The molecule has 0 unspecified atom stereocenters. The smallest absolute Gasteiger partial charge is 0.237 e. The highest BCUT2D eigenvalue weighted by Gasteiger charge is 2.26. The zero-order valence-corrected chi connectivity index (χ0v) is 18.0. The van der Waals surface area contributed by atoms with Crippen LogP contribution in [0, 0.1) is 0 Å². The van der Waals surface area contributed by atoms with E-state index in [1.807, 2.05) is 24.3 Å². The van der Waals surface area contributed by atoms with E-state index in [1.165, 1.54) is 22.9 Å². The molecule has 4 rings (SSSR count).